The lowest BCUT2D eigenvalue weighted by Gasteiger charge is -2.14. The number of nitrogens with one attached hydrogen (secondary N) is 2. The number of hydrogen-bond acceptors (Lipinski definition) is 1. The Morgan fingerprint density at radius 2 is 1.65 bits per heavy atom. The lowest BCUT2D eigenvalue weighted by atomic mass is 10.1. The molecule has 104 valence electrons. The minimum Gasteiger partial charge on any atom is -0.358 e. The average Bonchev–Trinajstić information content (AvgIpc) is 2.42. The highest BCUT2D eigenvalue weighted by molar-refractivity contribution is 7.80. The predicted molar refractivity (Wildman–Crippen MR) is 90.4 cm³/mol. The first-order valence-corrected chi connectivity index (χ1v) is 7.20. The van der Waals surface area contributed by atoms with Gasteiger partial charge in [0.05, 0.1) is 0 Å². The van der Waals surface area contributed by atoms with E-state index in [0.29, 0.717) is 11.7 Å². The molecule has 0 aromatic heterocycles. The molecule has 0 aliphatic carbocycles. The van der Waals surface area contributed by atoms with Crippen molar-refractivity contribution >= 4 is 34.6 Å². The quantitative estimate of drug-likeness (QED) is 0.820. The van der Waals surface area contributed by atoms with Crippen molar-refractivity contribution in [3.05, 3.63) is 64.2 Å². The minimum absolute atomic E-state index is 0.623. The van der Waals surface area contributed by atoms with Gasteiger partial charge in [-0.15, -0.1) is 0 Å². The van der Waals surface area contributed by atoms with Gasteiger partial charge in [0.25, 0.3) is 0 Å². The van der Waals surface area contributed by atoms with Gasteiger partial charge in [-0.2, -0.15) is 0 Å². The van der Waals surface area contributed by atoms with Crippen molar-refractivity contribution in [2.75, 3.05) is 5.32 Å². The maximum absolute atomic E-state index is 5.86. The molecule has 0 unspecified atom stereocenters. The summed E-state index contributed by atoms with van der Waals surface area (Å²) < 4.78 is 0. The fourth-order valence-corrected chi connectivity index (χ4v) is 2.25. The molecule has 0 amide bonds. The summed E-state index contributed by atoms with van der Waals surface area (Å²) in [5, 5.41) is 7.82. The Kier molecular flexibility index (Phi) is 4.99. The van der Waals surface area contributed by atoms with Crippen LogP contribution in [-0.4, -0.2) is 5.11 Å². The molecular formula is C16H17ClN2S. The van der Waals surface area contributed by atoms with Crippen LogP contribution in [0.2, 0.25) is 5.02 Å². The number of benzene rings is 2. The fraction of sp³-hybridized carbons (Fsp3) is 0.188. The lowest BCUT2D eigenvalue weighted by molar-refractivity contribution is 0.925. The average molecular weight is 305 g/mol. The summed E-state index contributed by atoms with van der Waals surface area (Å²) in [6.07, 6.45) is 0. The van der Waals surface area contributed by atoms with Crippen LogP contribution in [0.5, 0.6) is 0 Å². The summed E-state index contributed by atoms with van der Waals surface area (Å²) in [5.74, 6) is 0. The molecule has 0 spiro atoms. The SMILES string of the molecule is Cc1cccc(C)c1NC(=S)NCc1ccc(Cl)cc1. The van der Waals surface area contributed by atoms with Gasteiger partial charge in [0, 0.05) is 17.3 Å². The second-order valence-corrected chi connectivity index (χ2v) is 5.55. The summed E-state index contributed by atoms with van der Waals surface area (Å²) in [5.41, 5.74) is 4.57. The van der Waals surface area contributed by atoms with Gasteiger partial charge in [-0.05, 0) is 54.9 Å². The second kappa shape index (κ2) is 6.73. The van der Waals surface area contributed by atoms with Crippen LogP contribution >= 0.6 is 23.8 Å². The van der Waals surface area contributed by atoms with Crippen LogP contribution in [0.3, 0.4) is 0 Å². The van der Waals surface area contributed by atoms with Crippen molar-refractivity contribution in [1.82, 2.24) is 5.32 Å². The molecule has 0 aliphatic rings. The lowest BCUT2D eigenvalue weighted by Crippen LogP contribution is -2.28. The van der Waals surface area contributed by atoms with E-state index in [1.54, 1.807) is 0 Å². The molecule has 0 fully saturated rings. The highest BCUT2D eigenvalue weighted by Crippen LogP contribution is 2.19. The number of hydrogen-bond donors (Lipinski definition) is 2. The van der Waals surface area contributed by atoms with E-state index in [2.05, 4.69) is 36.6 Å². The Morgan fingerprint density at radius 1 is 1.05 bits per heavy atom. The fourth-order valence-electron chi connectivity index (χ4n) is 1.95. The molecule has 2 aromatic rings. The van der Waals surface area contributed by atoms with E-state index < -0.39 is 0 Å². The van der Waals surface area contributed by atoms with Crippen LogP contribution in [0.4, 0.5) is 5.69 Å². The predicted octanol–water partition coefficient (Wildman–Crippen LogP) is 4.44. The smallest absolute Gasteiger partial charge is 0.171 e. The van der Waals surface area contributed by atoms with Gasteiger partial charge in [-0.25, -0.2) is 0 Å². The molecule has 0 saturated carbocycles. The third-order valence-electron chi connectivity index (χ3n) is 3.09. The van der Waals surface area contributed by atoms with Gasteiger partial charge in [0.1, 0.15) is 0 Å². The molecule has 4 heteroatoms. The second-order valence-electron chi connectivity index (χ2n) is 4.70. The zero-order chi connectivity index (χ0) is 14.5. The van der Waals surface area contributed by atoms with Crippen molar-refractivity contribution in [2.24, 2.45) is 0 Å². The zero-order valence-electron chi connectivity index (χ0n) is 11.5. The standard InChI is InChI=1S/C16H17ClN2S/c1-11-4-3-5-12(2)15(11)19-16(20)18-10-13-6-8-14(17)9-7-13/h3-9H,10H2,1-2H3,(H2,18,19,20). The molecule has 2 rings (SSSR count). The largest absolute Gasteiger partial charge is 0.358 e. The molecule has 0 heterocycles. The first kappa shape index (κ1) is 14.8. The van der Waals surface area contributed by atoms with E-state index in [-0.39, 0.29) is 0 Å². The number of anilines is 1. The van der Waals surface area contributed by atoms with Gasteiger partial charge < -0.3 is 10.6 Å². The highest BCUT2D eigenvalue weighted by atomic mass is 35.5. The van der Waals surface area contributed by atoms with E-state index in [1.165, 1.54) is 11.1 Å². The van der Waals surface area contributed by atoms with Crippen molar-refractivity contribution in [2.45, 2.75) is 20.4 Å². The number of aryl methyl sites for hydroxylation is 2. The first-order valence-electron chi connectivity index (χ1n) is 6.42. The molecular weight excluding hydrogens is 288 g/mol. The Morgan fingerprint density at radius 3 is 2.25 bits per heavy atom. The van der Waals surface area contributed by atoms with E-state index in [1.807, 2.05) is 30.3 Å². The van der Waals surface area contributed by atoms with E-state index in [0.717, 1.165) is 16.3 Å². The van der Waals surface area contributed by atoms with Crippen molar-refractivity contribution < 1.29 is 0 Å². The van der Waals surface area contributed by atoms with E-state index >= 15 is 0 Å². The Hall–Kier alpha value is -1.58. The maximum atomic E-state index is 5.86. The normalized spacial score (nSPS) is 10.2. The zero-order valence-corrected chi connectivity index (χ0v) is 13.1. The minimum atomic E-state index is 0.623. The van der Waals surface area contributed by atoms with Crippen molar-refractivity contribution in [3.8, 4) is 0 Å². The number of thiocarbonyl (C=S) groups is 1. The summed E-state index contributed by atoms with van der Waals surface area (Å²) >= 11 is 11.2. The van der Waals surface area contributed by atoms with Gasteiger partial charge in [-0.3, -0.25) is 0 Å². The highest BCUT2D eigenvalue weighted by Gasteiger charge is 2.04. The molecule has 0 aliphatic heterocycles. The molecule has 0 radical (unpaired) electrons. The van der Waals surface area contributed by atoms with Gasteiger partial charge in [0.2, 0.25) is 0 Å². The first-order chi connectivity index (χ1) is 9.56. The van der Waals surface area contributed by atoms with Gasteiger partial charge in [0.15, 0.2) is 5.11 Å². The third-order valence-corrected chi connectivity index (χ3v) is 3.58. The number of rotatable bonds is 3. The van der Waals surface area contributed by atoms with Crippen molar-refractivity contribution in [1.29, 1.82) is 0 Å². The summed E-state index contributed by atoms with van der Waals surface area (Å²) in [4.78, 5) is 0. The van der Waals surface area contributed by atoms with Gasteiger partial charge in [-0.1, -0.05) is 41.9 Å². The van der Waals surface area contributed by atoms with E-state index in [9.17, 15) is 0 Å². The molecule has 2 aromatic carbocycles. The summed E-state index contributed by atoms with van der Waals surface area (Å²) in [6, 6.07) is 13.9. The monoisotopic (exact) mass is 304 g/mol. The summed E-state index contributed by atoms with van der Waals surface area (Å²) in [7, 11) is 0. The molecule has 2 N–H and O–H groups in total. The molecule has 20 heavy (non-hydrogen) atoms. The summed E-state index contributed by atoms with van der Waals surface area (Å²) in [6.45, 7) is 4.81. The van der Waals surface area contributed by atoms with Crippen LogP contribution in [-0.2, 0) is 6.54 Å². The topological polar surface area (TPSA) is 24.1 Å². The van der Waals surface area contributed by atoms with E-state index in [4.69, 9.17) is 23.8 Å². The maximum Gasteiger partial charge on any atom is 0.171 e. The Labute approximate surface area is 130 Å². The Balaban J connectivity index is 1.94. The number of para-hydroxylation sites is 1. The van der Waals surface area contributed by atoms with Crippen LogP contribution in [0.15, 0.2) is 42.5 Å². The molecule has 0 bridgehead atoms. The van der Waals surface area contributed by atoms with Gasteiger partial charge >= 0.3 is 0 Å². The molecule has 0 atom stereocenters. The molecule has 2 nitrogen and oxygen atoms in total. The Bertz CT molecular complexity index is 588. The van der Waals surface area contributed by atoms with Crippen LogP contribution in [0, 0.1) is 13.8 Å². The van der Waals surface area contributed by atoms with Crippen molar-refractivity contribution in [3.63, 3.8) is 0 Å². The van der Waals surface area contributed by atoms with Crippen LogP contribution < -0.4 is 10.6 Å². The number of halogens is 1. The van der Waals surface area contributed by atoms with Crippen LogP contribution in [0.1, 0.15) is 16.7 Å². The third kappa shape index (κ3) is 3.95. The molecule has 0 saturated heterocycles. The van der Waals surface area contributed by atoms with Crippen LogP contribution in [0.25, 0.3) is 0 Å².